The van der Waals surface area contributed by atoms with Crippen molar-refractivity contribution in [2.45, 2.75) is 13.0 Å². The predicted octanol–water partition coefficient (Wildman–Crippen LogP) is 0.496. The van der Waals surface area contributed by atoms with E-state index in [1.54, 1.807) is 12.1 Å². The van der Waals surface area contributed by atoms with Crippen molar-refractivity contribution in [3.05, 3.63) is 29.8 Å². The average Bonchev–Trinajstić information content (AvgIpc) is 2.40. The van der Waals surface area contributed by atoms with Crippen molar-refractivity contribution in [3.63, 3.8) is 0 Å². The second-order valence-electron chi connectivity index (χ2n) is 4.52. The number of benzene rings is 1. The van der Waals surface area contributed by atoms with Crippen LogP contribution in [0.5, 0.6) is 0 Å². The van der Waals surface area contributed by atoms with Crippen LogP contribution in [-0.2, 0) is 14.9 Å². The molecule has 1 aliphatic rings. The van der Waals surface area contributed by atoms with Gasteiger partial charge in [-0.2, -0.15) is 17.4 Å². The molecule has 2 rings (SSSR count). The van der Waals surface area contributed by atoms with Gasteiger partial charge in [-0.1, -0.05) is 12.1 Å². The first-order chi connectivity index (χ1) is 8.99. The average molecular weight is 285 g/mol. The van der Waals surface area contributed by atoms with Crippen molar-refractivity contribution in [3.8, 4) is 0 Å². The Morgan fingerprint density at radius 2 is 1.84 bits per heavy atom. The van der Waals surface area contributed by atoms with Gasteiger partial charge < -0.3 is 10.5 Å². The van der Waals surface area contributed by atoms with Crippen molar-refractivity contribution in [2.24, 2.45) is 0 Å². The topological polar surface area (TPSA) is 84.7 Å². The minimum atomic E-state index is -3.47. The predicted molar refractivity (Wildman–Crippen MR) is 73.7 cm³/mol. The molecule has 6 nitrogen and oxygen atoms in total. The summed E-state index contributed by atoms with van der Waals surface area (Å²) in [5, 5.41) is 0. The van der Waals surface area contributed by atoms with E-state index in [1.807, 2.05) is 19.1 Å². The molecule has 1 atom stereocenters. The Kier molecular flexibility index (Phi) is 4.41. The molecule has 0 spiro atoms. The maximum absolute atomic E-state index is 12.2. The number of anilines is 1. The minimum absolute atomic E-state index is 0.298. The second kappa shape index (κ2) is 5.87. The van der Waals surface area contributed by atoms with E-state index in [-0.39, 0.29) is 6.04 Å². The van der Waals surface area contributed by atoms with Crippen LogP contribution >= 0.6 is 0 Å². The summed E-state index contributed by atoms with van der Waals surface area (Å²) in [5.41, 5.74) is 7.15. The molecule has 1 saturated heterocycles. The zero-order chi connectivity index (χ0) is 13.9. The normalized spacial score (nSPS) is 19.2. The maximum Gasteiger partial charge on any atom is 0.280 e. The smallest absolute Gasteiger partial charge is 0.280 e. The van der Waals surface area contributed by atoms with E-state index in [0.29, 0.717) is 32.0 Å². The zero-order valence-corrected chi connectivity index (χ0v) is 11.7. The monoisotopic (exact) mass is 285 g/mol. The fourth-order valence-corrected chi connectivity index (χ4v) is 3.30. The number of nitrogen functional groups attached to an aromatic ring is 1. The summed E-state index contributed by atoms with van der Waals surface area (Å²) in [7, 11) is -3.47. The fraction of sp³-hybridized carbons (Fsp3) is 0.500. The van der Waals surface area contributed by atoms with Crippen LogP contribution in [0.25, 0.3) is 0 Å². The summed E-state index contributed by atoms with van der Waals surface area (Å²) < 4.78 is 33.6. The van der Waals surface area contributed by atoms with Gasteiger partial charge in [-0.15, -0.1) is 0 Å². The molecule has 0 bridgehead atoms. The molecule has 1 fully saturated rings. The van der Waals surface area contributed by atoms with Crippen molar-refractivity contribution < 1.29 is 13.2 Å². The number of nitrogens with zero attached hydrogens (tertiary/aromatic N) is 1. The first-order valence-electron chi connectivity index (χ1n) is 6.19. The largest absolute Gasteiger partial charge is 0.399 e. The second-order valence-corrected chi connectivity index (χ2v) is 6.22. The molecule has 0 radical (unpaired) electrons. The maximum atomic E-state index is 12.2. The highest BCUT2D eigenvalue weighted by Gasteiger charge is 2.25. The van der Waals surface area contributed by atoms with Gasteiger partial charge in [-0.3, -0.25) is 0 Å². The van der Waals surface area contributed by atoms with E-state index < -0.39 is 10.2 Å². The summed E-state index contributed by atoms with van der Waals surface area (Å²) in [6.07, 6.45) is 0. The number of morpholine rings is 1. The van der Waals surface area contributed by atoms with Gasteiger partial charge in [0, 0.05) is 24.8 Å². The van der Waals surface area contributed by atoms with Gasteiger partial charge in [0.05, 0.1) is 13.2 Å². The molecule has 1 aliphatic heterocycles. The summed E-state index contributed by atoms with van der Waals surface area (Å²) in [5.74, 6) is 0. The highest BCUT2D eigenvalue weighted by molar-refractivity contribution is 7.87. The number of hydrogen-bond acceptors (Lipinski definition) is 4. The van der Waals surface area contributed by atoms with Gasteiger partial charge in [0.25, 0.3) is 10.2 Å². The lowest BCUT2D eigenvalue weighted by Gasteiger charge is -2.27. The molecule has 1 aromatic carbocycles. The van der Waals surface area contributed by atoms with Crippen LogP contribution in [0.4, 0.5) is 5.69 Å². The summed E-state index contributed by atoms with van der Waals surface area (Å²) in [6, 6.07) is 6.86. The van der Waals surface area contributed by atoms with E-state index in [9.17, 15) is 8.42 Å². The minimum Gasteiger partial charge on any atom is -0.399 e. The molecule has 106 valence electrons. The van der Waals surface area contributed by atoms with Crippen LogP contribution < -0.4 is 10.5 Å². The Morgan fingerprint density at radius 3 is 2.42 bits per heavy atom. The Bertz CT molecular complexity index is 510. The fourth-order valence-electron chi connectivity index (χ4n) is 1.94. The van der Waals surface area contributed by atoms with Crippen molar-refractivity contribution in [1.29, 1.82) is 0 Å². The Hall–Kier alpha value is -1.15. The van der Waals surface area contributed by atoms with Crippen molar-refractivity contribution in [2.75, 3.05) is 32.0 Å². The van der Waals surface area contributed by atoms with Gasteiger partial charge in [0.15, 0.2) is 0 Å². The first-order valence-corrected chi connectivity index (χ1v) is 7.63. The third-order valence-electron chi connectivity index (χ3n) is 3.07. The number of ether oxygens (including phenoxy) is 1. The highest BCUT2D eigenvalue weighted by atomic mass is 32.2. The molecular formula is C12H19N3O3S. The summed E-state index contributed by atoms with van der Waals surface area (Å²) in [6.45, 7) is 3.48. The highest BCUT2D eigenvalue weighted by Crippen LogP contribution is 2.16. The standard InChI is InChI=1S/C12H19N3O3S/c1-10(11-2-4-12(13)5-3-11)14-19(16,17)15-6-8-18-9-7-15/h2-5,10,14H,6-9,13H2,1H3. The number of nitrogens with two attached hydrogens (primary N) is 1. The van der Waals surface area contributed by atoms with Crippen LogP contribution in [-0.4, -0.2) is 39.0 Å². The lowest BCUT2D eigenvalue weighted by molar-refractivity contribution is 0.0723. The van der Waals surface area contributed by atoms with Gasteiger partial charge in [-0.25, -0.2) is 0 Å². The molecule has 3 N–H and O–H groups in total. The lowest BCUT2D eigenvalue weighted by Crippen LogP contribution is -2.47. The SMILES string of the molecule is CC(NS(=O)(=O)N1CCOCC1)c1ccc(N)cc1. The number of hydrogen-bond donors (Lipinski definition) is 2. The van der Waals surface area contributed by atoms with Gasteiger partial charge in [0.1, 0.15) is 0 Å². The van der Waals surface area contributed by atoms with Crippen LogP contribution in [0.3, 0.4) is 0 Å². The van der Waals surface area contributed by atoms with Crippen molar-refractivity contribution in [1.82, 2.24) is 9.03 Å². The number of rotatable bonds is 4. The lowest BCUT2D eigenvalue weighted by atomic mass is 10.1. The van der Waals surface area contributed by atoms with E-state index >= 15 is 0 Å². The van der Waals surface area contributed by atoms with E-state index in [1.165, 1.54) is 4.31 Å². The first kappa shape index (κ1) is 14.3. The van der Waals surface area contributed by atoms with Crippen LogP contribution in [0.1, 0.15) is 18.5 Å². The molecule has 1 unspecified atom stereocenters. The Morgan fingerprint density at radius 1 is 1.26 bits per heavy atom. The molecule has 0 aliphatic carbocycles. The third-order valence-corrected chi connectivity index (χ3v) is 4.77. The molecule has 19 heavy (non-hydrogen) atoms. The molecule has 0 amide bonds. The van der Waals surface area contributed by atoms with Gasteiger partial charge >= 0.3 is 0 Å². The van der Waals surface area contributed by atoms with E-state index in [0.717, 1.165) is 5.56 Å². The molecule has 1 aromatic rings. The van der Waals surface area contributed by atoms with Crippen LogP contribution in [0, 0.1) is 0 Å². The van der Waals surface area contributed by atoms with E-state index in [2.05, 4.69) is 4.72 Å². The molecule has 0 aromatic heterocycles. The third kappa shape index (κ3) is 3.66. The summed E-state index contributed by atoms with van der Waals surface area (Å²) in [4.78, 5) is 0. The van der Waals surface area contributed by atoms with Crippen LogP contribution in [0.2, 0.25) is 0 Å². The quantitative estimate of drug-likeness (QED) is 0.789. The molecule has 0 saturated carbocycles. The van der Waals surface area contributed by atoms with E-state index in [4.69, 9.17) is 10.5 Å². The molecule has 7 heteroatoms. The van der Waals surface area contributed by atoms with Gasteiger partial charge in [-0.05, 0) is 24.6 Å². The Balaban J connectivity index is 2.04. The molecule has 1 heterocycles. The summed E-state index contributed by atoms with van der Waals surface area (Å²) >= 11 is 0. The van der Waals surface area contributed by atoms with Gasteiger partial charge in [0.2, 0.25) is 0 Å². The molecular weight excluding hydrogens is 266 g/mol. The number of nitrogens with one attached hydrogen (secondary N) is 1. The Labute approximate surface area is 113 Å². The van der Waals surface area contributed by atoms with Crippen molar-refractivity contribution >= 4 is 15.9 Å². The zero-order valence-electron chi connectivity index (χ0n) is 10.9. The van der Waals surface area contributed by atoms with Crippen LogP contribution in [0.15, 0.2) is 24.3 Å².